The maximum atomic E-state index is 12.2. The Hall–Kier alpha value is -3.71. The largest absolute Gasteiger partial charge is 0.458 e. The van der Waals surface area contributed by atoms with Crippen LogP contribution < -0.4 is 5.32 Å². The van der Waals surface area contributed by atoms with E-state index in [4.69, 9.17) is 13.9 Å². The van der Waals surface area contributed by atoms with Gasteiger partial charge < -0.3 is 19.2 Å². The molecule has 0 saturated heterocycles. The molecule has 2 aliphatic carbocycles. The Kier molecular flexibility index (Phi) is 7.09. The van der Waals surface area contributed by atoms with E-state index in [1.54, 1.807) is 6.33 Å². The first-order valence-electron chi connectivity index (χ1n) is 14.0. The van der Waals surface area contributed by atoms with Crippen LogP contribution in [0.3, 0.4) is 0 Å². The number of hydrogen-bond donors (Lipinski definition) is 1. The van der Waals surface area contributed by atoms with E-state index >= 15 is 0 Å². The number of carbonyl (C=O) groups is 1. The highest BCUT2D eigenvalue weighted by Gasteiger charge is 2.41. The molecule has 2 aliphatic rings. The third-order valence-corrected chi connectivity index (χ3v) is 7.89. The first kappa shape index (κ1) is 25.6. The lowest BCUT2D eigenvalue weighted by molar-refractivity contribution is -0.158. The van der Waals surface area contributed by atoms with Crippen LogP contribution in [-0.4, -0.2) is 40.3 Å². The number of esters is 1. The fraction of sp³-hybridized carbons (Fsp3) is 0.406. The molecule has 2 fully saturated rings. The number of nitrogens with one attached hydrogen (secondary N) is 1. The summed E-state index contributed by atoms with van der Waals surface area (Å²) in [6, 6.07) is 18.9. The van der Waals surface area contributed by atoms with Crippen molar-refractivity contribution in [3.05, 3.63) is 66.5 Å². The van der Waals surface area contributed by atoms with E-state index in [-0.39, 0.29) is 30.3 Å². The molecule has 2 aromatic carbocycles. The number of fused-ring (bicyclic) bond motifs is 1. The van der Waals surface area contributed by atoms with Crippen LogP contribution in [-0.2, 0) is 20.7 Å². The summed E-state index contributed by atoms with van der Waals surface area (Å²) < 4.78 is 17.9. The number of rotatable bonds is 9. The van der Waals surface area contributed by atoms with Gasteiger partial charge in [0.05, 0.1) is 11.5 Å². The minimum Gasteiger partial charge on any atom is -0.458 e. The number of nitrogens with zero attached hydrogens (tertiary/aromatic N) is 2. The van der Waals surface area contributed by atoms with Crippen LogP contribution in [0.15, 0.2) is 65.3 Å². The number of aromatic nitrogens is 2. The Balaban J connectivity index is 1.27. The summed E-state index contributed by atoms with van der Waals surface area (Å²) >= 11 is 0. The molecule has 4 aromatic rings. The van der Waals surface area contributed by atoms with Gasteiger partial charge in [-0.15, -0.1) is 0 Å². The van der Waals surface area contributed by atoms with Crippen molar-refractivity contribution in [1.29, 1.82) is 0 Å². The minimum absolute atomic E-state index is 0.00146. The molecule has 0 spiro atoms. The highest BCUT2D eigenvalue weighted by molar-refractivity contribution is 6.05. The molecule has 39 heavy (non-hydrogen) atoms. The zero-order valence-corrected chi connectivity index (χ0v) is 22.6. The minimum atomic E-state index is -0.271. The molecule has 6 rings (SSSR count). The molecule has 2 atom stereocenters. The van der Waals surface area contributed by atoms with Gasteiger partial charge in [-0.25, -0.2) is 14.8 Å². The standard InChI is InChI=1S/C32H35N3O4/c1-3-21-12-14-22(15-13-21)27-28-30(33-20-34-31(28)38-29(27)23-8-5-4-6-9-23)35-24-10-7-11-25(18-24)37-19-26(36)39-32(2)16-17-32/h4-6,8-9,12-15,20,24-25H,3,7,10-11,16-19H2,1-2H3,(H,33,34,35)/t24-,25-/m0/s1. The van der Waals surface area contributed by atoms with E-state index in [0.29, 0.717) is 5.71 Å². The predicted octanol–water partition coefficient (Wildman–Crippen LogP) is 6.95. The number of anilines is 1. The lowest BCUT2D eigenvalue weighted by Crippen LogP contribution is -2.33. The van der Waals surface area contributed by atoms with Gasteiger partial charge in [-0.1, -0.05) is 61.5 Å². The van der Waals surface area contributed by atoms with Gasteiger partial charge in [0, 0.05) is 17.2 Å². The molecule has 0 radical (unpaired) electrons. The Labute approximate surface area is 228 Å². The quantitative estimate of drug-likeness (QED) is 0.237. The van der Waals surface area contributed by atoms with Gasteiger partial charge in [0.2, 0.25) is 5.71 Å². The average molecular weight is 526 g/mol. The number of ether oxygens (including phenoxy) is 2. The topological polar surface area (TPSA) is 86.5 Å². The summed E-state index contributed by atoms with van der Waals surface area (Å²) in [5.74, 6) is 1.27. The Morgan fingerprint density at radius 2 is 1.85 bits per heavy atom. The van der Waals surface area contributed by atoms with E-state index in [9.17, 15) is 4.79 Å². The second kappa shape index (κ2) is 10.8. The molecule has 0 unspecified atom stereocenters. The molecular formula is C32H35N3O4. The fourth-order valence-corrected chi connectivity index (χ4v) is 5.41. The number of hydrogen-bond acceptors (Lipinski definition) is 7. The number of aryl methyl sites for hydroxylation is 1. The molecule has 7 nitrogen and oxygen atoms in total. The average Bonchev–Trinajstić information content (AvgIpc) is 3.55. The molecule has 0 aliphatic heterocycles. The number of furan rings is 1. The van der Waals surface area contributed by atoms with Crippen LogP contribution in [0.25, 0.3) is 33.6 Å². The summed E-state index contributed by atoms with van der Waals surface area (Å²) in [6.07, 6.45) is 8.14. The van der Waals surface area contributed by atoms with Crippen molar-refractivity contribution in [1.82, 2.24) is 9.97 Å². The maximum absolute atomic E-state index is 12.2. The lowest BCUT2D eigenvalue weighted by atomic mass is 9.92. The molecule has 0 bridgehead atoms. The maximum Gasteiger partial charge on any atom is 0.332 e. The summed E-state index contributed by atoms with van der Waals surface area (Å²) in [6.45, 7) is 4.13. The van der Waals surface area contributed by atoms with E-state index in [2.05, 4.69) is 58.6 Å². The highest BCUT2D eigenvalue weighted by Crippen LogP contribution is 2.43. The van der Waals surface area contributed by atoms with Crippen LogP contribution in [0.1, 0.15) is 57.9 Å². The molecular weight excluding hydrogens is 490 g/mol. The second-order valence-corrected chi connectivity index (χ2v) is 11.0. The monoisotopic (exact) mass is 525 g/mol. The van der Waals surface area contributed by atoms with Crippen molar-refractivity contribution in [3.8, 4) is 22.5 Å². The van der Waals surface area contributed by atoms with Gasteiger partial charge in [-0.05, 0) is 63.0 Å². The Morgan fingerprint density at radius 1 is 1.05 bits per heavy atom. The van der Waals surface area contributed by atoms with Crippen LogP contribution in [0, 0.1) is 0 Å². The summed E-state index contributed by atoms with van der Waals surface area (Å²) in [7, 11) is 0. The van der Waals surface area contributed by atoms with Crippen molar-refractivity contribution in [2.24, 2.45) is 0 Å². The Morgan fingerprint density at radius 3 is 2.59 bits per heavy atom. The predicted molar refractivity (Wildman–Crippen MR) is 151 cm³/mol. The zero-order chi connectivity index (χ0) is 26.8. The second-order valence-electron chi connectivity index (χ2n) is 11.0. The molecule has 2 aromatic heterocycles. The van der Waals surface area contributed by atoms with E-state index in [0.717, 1.165) is 78.6 Å². The summed E-state index contributed by atoms with van der Waals surface area (Å²) in [5.41, 5.74) is 4.62. The summed E-state index contributed by atoms with van der Waals surface area (Å²) in [5, 5.41) is 4.56. The van der Waals surface area contributed by atoms with Crippen LogP contribution in [0.5, 0.6) is 0 Å². The van der Waals surface area contributed by atoms with Crippen LogP contribution in [0.4, 0.5) is 5.82 Å². The third kappa shape index (κ3) is 5.69. The number of carbonyl (C=O) groups excluding carboxylic acids is 1. The van der Waals surface area contributed by atoms with Crippen molar-refractivity contribution in [2.75, 3.05) is 11.9 Å². The molecule has 202 valence electrons. The van der Waals surface area contributed by atoms with Gasteiger partial charge in [0.25, 0.3) is 0 Å². The van der Waals surface area contributed by atoms with Crippen LogP contribution in [0.2, 0.25) is 0 Å². The zero-order valence-electron chi connectivity index (χ0n) is 22.6. The van der Waals surface area contributed by atoms with Gasteiger partial charge in [0.1, 0.15) is 30.1 Å². The van der Waals surface area contributed by atoms with Gasteiger partial charge in [-0.2, -0.15) is 0 Å². The van der Waals surface area contributed by atoms with Gasteiger partial charge >= 0.3 is 5.97 Å². The first-order chi connectivity index (χ1) is 19.0. The number of benzene rings is 2. The van der Waals surface area contributed by atoms with Crippen LogP contribution >= 0.6 is 0 Å². The SMILES string of the molecule is CCc1ccc(-c2c(-c3ccccc3)oc3ncnc(N[C@H]4CCC[C@H](OCC(=O)OC5(C)CC5)C4)c23)cc1. The normalized spacial score (nSPS) is 20.1. The third-order valence-electron chi connectivity index (χ3n) is 7.89. The van der Waals surface area contributed by atoms with E-state index in [1.807, 2.05) is 25.1 Å². The molecule has 0 amide bonds. The molecule has 1 N–H and O–H groups in total. The van der Waals surface area contributed by atoms with Crippen molar-refractivity contribution >= 4 is 22.9 Å². The molecule has 2 saturated carbocycles. The molecule has 2 heterocycles. The van der Waals surface area contributed by atoms with Crippen molar-refractivity contribution in [3.63, 3.8) is 0 Å². The van der Waals surface area contributed by atoms with Crippen molar-refractivity contribution in [2.45, 2.75) is 76.5 Å². The highest BCUT2D eigenvalue weighted by atomic mass is 16.6. The van der Waals surface area contributed by atoms with Gasteiger partial charge in [0.15, 0.2) is 0 Å². The molecule has 7 heteroatoms. The van der Waals surface area contributed by atoms with Crippen molar-refractivity contribution < 1.29 is 18.7 Å². The fourth-order valence-electron chi connectivity index (χ4n) is 5.41. The summed E-state index contributed by atoms with van der Waals surface area (Å²) in [4.78, 5) is 21.4. The van der Waals surface area contributed by atoms with E-state index in [1.165, 1.54) is 5.56 Å². The first-order valence-corrected chi connectivity index (χ1v) is 14.0. The lowest BCUT2D eigenvalue weighted by Gasteiger charge is -2.30. The smallest absolute Gasteiger partial charge is 0.332 e. The Bertz CT molecular complexity index is 1440. The van der Waals surface area contributed by atoms with E-state index < -0.39 is 0 Å². The van der Waals surface area contributed by atoms with Gasteiger partial charge in [-0.3, -0.25) is 0 Å².